The number of hydrogen-bond donors (Lipinski definition) is 2. The van der Waals surface area contributed by atoms with Crippen molar-refractivity contribution >= 4 is 37.5 Å². The average molecular weight is 674 g/mol. The van der Waals surface area contributed by atoms with E-state index in [0.717, 1.165) is 42.6 Å². The molecule has 0 spiro atoms. The molecule has 3 aromatic rings. The van der Waals surface area contributed by atoms with E-state index in [2.05, 4.69) is 35.8 Å². The number of hydrogen-bond acceptors (Lipinski definition) is 6. The Balaban J connectivity index is 1.10. The lowest BCUT2D eigenvalue weighted by Gasteiger charge is -2.40. The Morgan fingerprint density at radius 1 is 0.930 bits per heavy atom. The third kappa shape index (κ3) is 8.78. The van der Waals surface area contributed by atoms with Gasteiger partial charge in [-0.05, 0) is 125 Å². The van der Waals surface area contributed by atoms with E-state index in [1.54, 1.807) is 24.3 Å². The lowest BCUT2D eigenvalue weighted by Crippen LogP contribution is -2.47. The number of carbonyl (C=O) groups excluding carboxylic acids is 1. The third-order valence-electron chi connectivity index (χ3n) is 8.06. The van der Waals surface area contributed by atoms with Gasteiger partial charge in [-0.1, -0.05) is 22.4 Å². The van der Waals surface area contributed by atoms with Crippen LogP contribution in [0.1, 0.15) is 48.9 Å². The predicted octanol–water partition coefficient (Wildman–Crippen LogP) is 6.25. The molecule has 230 valence electrons. The van der Waals surface area contributed by atoms with Crippen LogP contribution in [-0.4, -0.2) is 69.4 Å². The molecule has 43 heavy (non-hydrogen) atoms. The SMILES string of the molecule is O=C(NCCCN1CCC(N2CCCCC2)CC1)c1ccc(S(=O)(=O)Nc2cc(F)ccc2Oc2ccc(Br)cc2)cc1. The van der Waals surface area contributed by atoms with E-state index in [0.29, 0.717) is 17.9 Å². The fraction of sp³-hybridized carbons (Fsp3) is 0.406. The molecule has 0 atom stereocenters. The van der Waals surface area contributed by atoms with Gasteiger partial charge in [-0.3, -0.25) is 9.52 Å². The second-order valence-corrected chi connectivity index (χ2v) is 13.7. The largest absolute Gasteiger partial charge is 0.455 e. The van der Waals surface area contributed by atoms with Gasteiger partial charge in [-0.15, -0.1) is 0 Å². The molecule has 0 bridgehead atoms. The summed E-state index contributed by atoms with van der Waals surface area (Å²) in [6.45, 7) is 6.20. The van der Waals surface area contributed by atoms with Gasteiger partial charge in [0, 0.05) is 28.7 Å². The molecular weight excluding hydrogens is 635 g/mol. The predicted molar refractivity (Wildman–Crippen MR) is 170 cm³/mol. The minimum absolute atomic E-state index is 0.0412. The Morgan fingerprint density at radius 3 is 2.33 bits per heavy atom. The maximum Gasteiger partial charge on any atom is 0.262 e. The number of benzene rings is 3. The van der Waals surface area contributed by atoms with Gasteiger partial charge in [-0.2, -0.15) is 0 Å². The molecule has 2 aliphatic rings. The number of halogens is 2. The smallest absolute Gasteiger partial charge is 0.262 e. The number of carbonyl (C=O) groups is 1. The van der Waals surface area contributed by atoms with Crippen molar-refractivity contribution in [2.75, 3.05) is 44.0 Å². The minimum Gasteiger partial charge on any atom is -0.455 e. The van der Waals surface area contributed by atoms with E-state index in [4.69, 9.17) is 4.74 Å². The fourth-order valence-electron chi connectivity index (χ4n) is 5.69. The normalized spacial score (nSPS) is 17.0. The van der Waals surface area contributed by atoms with Crippen molar-refractivity contribution in [3.8, 4) is 11.5 Å². The van der Waals surface area contributed by atoms with Gasteiger partial charge in [0.1, 0.15) is 11.6 Å². The van der Waals surface area contributed by atoms with Crippen molar-refractivity contribution in [2.45, 2.75) is 49.5 Å². The van der Waals surface area contributed by atoms with Gasteiger partial charge in [-0.25, -0.2) is 12.8 Å². The Bertz CT molecular complexity index is 1470. The summed E-state index contributed by atoms with van der Waals surface area (Å²) in [7, 11) is -4.08. The van der Waals surface area contributed by atoms with Gasteiger partial charge in [0.15, 0.2) is 5.75 Å². The molecule has 1 amide bonds. The van der Waals surface area contributed by atoms with Crippen molar-refractivity contribution in [1.29, 1.82) is 0 Å². The summed E-state index contributed by atoms with van der Waals surface area (Å²) in [6, 6.07) is 17.0. The minimum atomic E-state index is -4.08. The Morgan fingerprint density at radius 2 is 1.63 bits per heavy atom. The van der Waals surface area contributed by atoms with E-state index in [9.17, 15) is 17.6 Å². The first-order chi connectivity index (χ1) is 20.8. The quantitative estimate of drug-likeness (QED) is 0.234. The number of nitrogens with one attached hydrogen (secondary N) is 2. The summed E-state index contributed by atoms with van der Waals surface area (Å²) in [5.41, 5.74) is 0.326. The first kappa shape index (κ1) is 31.4. The van der Waals surface area contributed by atoms with Crippen LogP contribution < -0.4 is 14.8 Å². The van der Waals surface area contributed by atoms with Crippen LogP contribution in [0.5, 0.6) is 11.5 Å². The molecule has 2 heterocycles. The lowest BCUT2D eigenvalue weighted by molar-refractivity contribution is 0.0902. The molecule has 2 fully saturated rings. The summed E-state index contributed by atoms with van der Waals surface area (Å²) >= 11 is 3.35. The summed E-state index contributed by atoms with van der Waals surface area (Å²) in [5.74, 6) is -0.261. The lowest BCUT2D eigenvalue weighted by atomic mass is 10.00. The van der Waals surface area contributed by atoms with Crippen molar-refractivity contribution in [3.05, 3.63) is 82.6 Å². The van der Waals surface area contributed by atoms with Crippen LogP contribution >= 0.6 is 15.9 Å². The number of amides is 1. The number of ether oxygens (including phenoxy) is 1. The molecule has 0 saturated carbocycles. The van der Waals surface area contributed by atoms with Crippen LogP contribution in [0.2, 0.25) is 0 Å². The second kappa shape index (κ2) is 14.7. The highest BCUT2D eigenvalue weighted by Crippen LogP contribution is 2.32. The van der Waals surface area contributed by atoms with Crippen LogP contribution in [0.4, 0.5) is 10.1 Å². The van der Waals surface area contributed by atoms with E-state index in [1.165, 1.54) is 81.6 Å². The first-order valence-corrected chi connectivity index (χ1v) is 17.1. The molecule has 2 N–H and O–H groups in total. The zero-order valence-corrected chi connectivity index (χ0v) is 26.5. The van der Waals surface area contributed by atoms with E-state index in [1.807, 2.05) is 0 Å². The summed E-state index contributed by atoms with van der Waals surface area (Å²) in [6.07, 6.45) is 7.31. The maximum absolute atomic E-state index is 14.0. The summed E-state index contributed by atoms with van der Waals surface area (Å²) in [4.78, 5) is 17.8. The van der Waals surface area contributed by atoms with Gasteiger partial charge in [0.05, 0.1) is 10.6 Å². The summed E-state index contributed by atoms with van der Waals surface area (Å²) in [5, 5.41) is 2.94. The van der Waals surface area contributed by atoms with Crippen molar-refractivity contribution in [1.82, 2.24) is 15.1 Å². The molecule has 0 aromatic heterocycles. The molecule has 3 aromatic carbocycles. The van der Waals surface area contributed by atoms with Gasteiger partial charge in [0.25, 0.3) is 15.9 Å². The first-order valence-electron chi connectivity index (χ1n) is 14.9. The molecule has 2 aliphatic heterocycles. The van der Waals surface area contributed by atoms with Crippen molar-refractivity contribution < 1.29 is 22.3 Å². The molecular formula is C32H38BrFN4O4S. The summed E-state index contributed by atoms with van der Waals surface area (Å²) < 4.78 is 49.3. The monoisotopic (exact) mass is 672 g/mol. The molecule has 8 nitrogen and oxygen atoms in total. The number of likely N-dealkylation sites (tertiary alicyclic amines) is 2. The zero-order valence-electron chi connectivity index (χ0n) is 24.1. The number of sulfonamides is 1. The molecule has 0 unspecified atom stereocenters. The highest BCUT2D eigenvalue weighted by atomic mass is 79.9. The van der Waals surface area contributed by atoms with Gasteiger partial charge in [0.2, 0.25) is 0 Å². The number of nitrogens with zero attached hydrogens (tertiary/aromatic N) is 2. The highest BCUT2D eigenvalue weighted by Gasteiger charge is 2.25. The third-order valence-corrected chi connectivity index (χ3v) is 9.97. The molecule has 2 saturated heterocycles. The molecule has 5 rings (SSSR count). The zero-order chi connectivity index (χ0) is 30.2. The van der Waals surface area contributed by atoms with Crippen LogP contribution in [0.25, 0.3) is 0 Å². The standard InChI is InChI=1S/C32H38BrFN4O4S/c33-25-7-10-28(11-8-25)42-31-14-9-26(34)23-30(31)36-43(40,41)29-12-5-24(6-13-29)32(39)35-17-4-18-37-21-15-27(16-22-37)38-19-2-1-3-20-38/h5-14,23,27,36H,1-4,15-22H2,(H,35,39). The van der Waals surface area contributed by atoms with E-state index >= 15 is 0 Å². The van der Waals surface area contributed by atoms with Crippen LogP contribution in [0.15, 0.2) is 76.1 Å². The fourth-order valence-corrected chi connectivity index (χ4v) is 7.01. The van der Waals surface area contributed by atoms with Gasteiger partial charge >= 0.3 is 0 Å². The van der Waals surface area contributed by atoms with Crippen LogP contribution in [0.3, 0.4) is 0 Å². The molecule has 0 radical (unpaired) electrons. The number of rotatable bonds is 11. The molecule has 11 heteroatoms. The Labute approximate surface area is 261 Å². The number of anilines is 1. The molecule has 0 aliphatic carbocycles. The number of piperidine rings is 2. The average Bonchev–Trinajstić information content (AvgIpc) is 3.02. The van der Waals surface area contributed by atoms with Crippen LogP contribution in [0, 0.1) is 5.82 Å². The topological polar surface area (TPSA) is 91.0 Å². The highest BCUT2D eigenvalue weighted by molar-refractivity contribution is 9.10. The van der Waals surface area contributed by atoms with E-state index in [-0.39, 0.29) is 22.2 Å². The van der Waals surface area contributed by atoms with Crippen molar-refractivity contribution in [2.24, 2.45) is 0 Å². The Hall–Kier alpha value is -2.99. The second-order valence-electron chi connectivity index (χ2n) is 11.1. The maximum atomic E-state index is 14.0. The van der Waals surface area contributed by atoms with E-state index < -0.39 is 15.8 Å². The van der Waals surface area contributed by atoms with Crippen molar-refractivity contribution in [3.63, 3.8) is 0 Å². The Kier molecular flexibility index (Phi) is 10.7. The van der Waals surface area contributed by atoms with Gasteiger partial charge < -0.3 is 19.9 Å². The van der Waals surface area contributed by atoms with Crippen LogP contribution in [-0.2, 0) is 10.0 Å².